The Hall–Kier alpha value is -0.870. The number of anilines is 1. The Balaban J connectivity index is 1.97. The number of rotatable bonds is 4. The zero-order valence-corrected chi connectivity index (χ0v) is 10.2. The topological polar surface area (TPSA) is 38.2 Å². The molecule has 1 unspecified atom stereocenters. The zero-order chi connectivity index (χ0) is 11.4. The Morgan fingerprint density at radius 1 is 1.50 bits per heavy atom. The van der Waals surface area contributed by atoms with Gasteiger partial charge in [0, 0.05) is 26.1 Å². The van der Waals surface area contributed by atoms with Crippen LogP contribution in [-0.2, 0) is 10.6 Å². The second-order valence-electron chi connectivity index (χ2n) is 4.07. The molecule has 0 aromatic carbocycles. The lowest BCUT2D eigenvalue weighted by molar-refractivity contribution is 0.161. The summed E-state index contributed by atoms with van der Waals surface area (Å²) in [6.45, 7) is 2.86. The van der Waals surface area contributed by atoms with E-state index < -0.39 is 0 Å². The SMILES string of the molecule is COCC1CCN(c2ccc(CCl)nn2)C1. The highest BCUT2D eigenvalue weighted by Crippen LogP contribution is 2.21. The van der Waals surface area contributed by atoms with Gasteiger partial charge in [-0.3, -0.25) is 0 Å². The van der Waals surface area contributed by atoms with Crippen LogP contribution >= 0.6 is 11.6 Å². The lowest BCUT2D eigenvalue weighted by Crippen LogP contribution is -2.22. The van der Waals surface area contributed by atoms with E-state index in [9.17, 15) is 0 Å². The van der Waals surface area contributed by atoms with E-state index in [1.54, 1.807) is 7.11 Å². The highest BCUT2D eigenvalue weighted by atomic mass is 35.5. The van der Waals surface area contributed by atoms with Crippen molar-refractivity contribution in [2.75, 3.05) is 31.7 Å². The molecule has 1 aromatic rings. The molecule has 0 amide bonds. The molecule has 88 valence electrons. The molecule has 4 nitrogen and oxygen atoms in total. The maximum absolute atomic E-state index is 5.67. The summed E-state index contributed by atoms with van der Waals surface area (Å²) in [5.74, 6) is 1.96. The maximum Gasteiger partial charge on any atom is 0.151 e. The first-order valence-electron chi connectivity index (χ1n) is 5.46. The lowest BCUT2D eigenvalue weighted by atomic mass is 10.1. The van der Waals surface area contributed by atoms with Crippen molar-refractivity contribution >= 4 is 17.4 Å². The van der Waals surface area contributed by atoms with Crippen LogP contribution in [0.15, 0.2) is 12.1 Å². The van der Waals surface area contributed by atoms with E-state index in [0.29, 0.717) is 11.8 Å². The number of hydrogen-bond acceptors (Lipinski definition) is 4. The van der Waals surface area contributed by atoms with Crippen molar-refractivity contribution in [2.45, 2.75) is 12.3 Å². The molecule has 0 saturated carbocycles. The summed E-state index contributed by atoms with van der Waals surface area (Å²) in [4.78, 5) is 2.24. The standard InChI is InChI=1S/C11H16ClN3O/c1-16-8-9-4-5-15(7-9)11-3-2-10(6-12)13-14-11/h2-3,9H,4-8H2,1H3. The van der Waals surface area contributed by atoms with Gasteiger partial charge in [0.1, 0.15) is 0 Å². The molecule has 0 N–H and O–H groups in total. The Kier molecular flexibility index (Phi) is 3.96. The molecule has 0 bridgehead atoms. The molecule has 5 heteroatoms. The molecule has 2 heterocycles. The average Bonchev–Trinajstić information content (AvgIpc) is 2.78. The Labute approximate surface area is 101 Å². The highest BCUT2D eigenvalue weighted by Gasteiger charge is 2.23. The summed E-state index contributed by atoms with van der Waals surface area (Å²) in [5.41, 5.74) is 0.818. The van der Waals surface area contributed by atoms with Gasteiger partial charge in [-0.2, -0.15) is 5.10 Å². The van der Waals surface area contributed by atoms with Crippen molar-refractivity contribution in [3.05, 3.63) is 17.8 Å². The first-order valence-corrected chi connectivity index (χ1v) is 5.99. The van der Waals surface area contributed by atoms with Gasteiger partial charge in [-0.15, -0.1) is 16.7 Å². The second-order valence-corrected chi connectivity index (χ2v) is 4.34. The van der Waals surface area contributed by atoms with Gasteiger partial charge in [0.25, 0.3) is 0 Å². The third kappa shape index (κ3) is 2.62. The molecule has 1 atom stereocenters. The summed E-state index contributed by atoms with van der Waals surface area (Å²) in [6.07, 6.45) is 1.16. The summed E-state index contributed by atoms with van der Waals surface area (Å²) in [5, 5.41) is 8.23. The summed E-state index contributed by atoms with van der Waals surface area (Å²) >= 11 is 5.67. The Morgan fingerprint density at radius 2 is 2.38 bits per heavy atom. The molecule has 16 heavy (non-hydrogen) atoms. The van der Waals surface area contributed by atoms with Crippen LogP contribution in [0.25, 0.3) is 0 Å². The first-order chi connectivity index (χ1) is 7.83. The minimum absolute atomic E-state index is 0.416. The molecule has 0 radical (unpaired) electrons. The molecule has 0 spiro atoms. The fourth-order valence-corrected chi connectivity index (χ4v) is 2.15. The highest BCUT2D eigenvalue weighted by molar-refractivity contribution is 6.16. The van der Waals surface area contributed by atoms with Crippen molar-refractivity contribution in [1.82, 2.24) is 10.2 Å². The largest absolute Gasteiger partial charge is 0.384 e. The lowest BCUT2D eigenvalue weighted by Gasteiger charge is -2.16. The molecule has 1 aromatic heterocycles. The minimum atomic E-state index is 0.416. The van der Waals surface area contributed by atoms with Gasteiger partial charge in [-0.25, -0.2) is 0 Å². The van der Waals surface area contributed by atoms with Crippen molar-refractivity contribution in [3.8, 4) is 0 Å². The summed E-state index contributed by atoms with van der Waals surface area (Å²) in [7, 11) is 1.75. The van der Waals surface area contributed by atoms with Crippen LogP contribution in [0.1, 0.15) is 12.1 Å². The molecular formula is C11H16ClN3O. The van der Waals surface area contributed by atoms with Crippen LogP contribution in [0.2, 0.25) is 0 Å². The monoisotopic (exact) mass is 241 g/mol. The first kappa shape index (κ1) is 11.6. The zero-order valence-electron chi connectivity index (χ0n) is 9.40. The van der Waals surface area contributed by atoms with Crippen LogP contribution in [0.5, 0.6) is 0 Å². The van der Waals surface area contributed by atoms with Crippen molar-refractivity contribution in [3.63, 3.8) is 0 Å². The molecule has 0 aliphatic carbocycles. The summed E-state index contributed by atoms with van der Waals surface area (Å²) in [6, 6.07) is 3.92. The van der Waals surface area contributed by atoms with Gasteiger partial charge in [-0.05, 0) is 18.6 Å². The van der Waals surface area contributed by atoms with Gasteiger partial charge in [-0.1, -0.05) is 0 Å². The molecule has 1 fully saturated rings. The fourth-order valence-electron chi connectivity index (χ4n) is 2.01. The van der Waals surface area contributed by atoms with E-state index in [1.165, 1.54) is 0 Å². The van der Waals surface area contributed by atoms with Crippen molar-refractivity contribution in [2.24, 2.45) is 5.92 Å². The maximum atomic E-state index is 5.67. The predicted molar refractivity (Wildman–Crippen MR) is 63.8 cm³/mol. The van der Waals surface area contributed by atoms with E-state index in [-0.39, 0.29) is 0 Å². The Morgan fingerprint density at radius 3 is 3.00 bits per heavy atom. The van der Waals surface area contributed by atoms with Crippen molar-refractivity contribution in [1.29, 1.82) is 0 Å². The van der Waals surface area contributed by atoms with E-state index in [0.717, 1.165) is 37.6 Å². The van der Waals surface area contributed by atoms with Crippen LogP contribution in [0, 0.1) is 5.92 Å². The molecule has 1 aliphatic heterocycles. The van der Waals surface area contributed by atoms with Gasteiger partial charge >= 0.3 is 0 Å². The molecular weight excluding hydrogens is 226 g/mol. The molecule has 2 rings (SSSR count). The number of methoxy groups -OCH3 is 1. The smallest absolute Gasteiger partial charge is 0.151 e. The third-order valence-electron chi connectivity index (χ3n) is 2.85. The number of ether oxygens (including phenoxy) is 1. The number of halogens is 1. The van der Waals surface area contributed by atoms with E-state index in [2.05, 4.69) is 15.1 Å². The van der Waals surface area contributed by atoms with E-state index >= 15 is 0 Å². The van der Waals surface area contributed by atoms with Crippen molar-refractivity contribution < 1.29 is 4.74 Å². The van der Waals surface area contributed by atoms with Crippen LogP contribution < -0.4 is 4.90 Å². The number of nitrogens with zero attached hydrogens (tertiary/aromatic N) is 3. The van der Waals surface area contributed by atoms with Gasteiger partial charge in [0.05, 0.1) is 18.2 Å². The minimum Gasteiger partial charge on any atom is -0.384 e. The van der Waals surface area contributed by atoms with Gasteiger partial charge < -0.3 is 9.64 Å². The second kappa shape index (κ2) is 5.46. The normalized spacial score (nSPS) is 20.4. The number of alkyl halides is 1. The molecule has 1 saturated heterocycles. The third-order valence-corrected chi connectivity index (χ3v) is 3.13. The Bertz CT molecular complexity index is 331. The van der Waals surface area contributed by atoms with Gasteiger partial charge in [0.15, 0.2) is 5.82 Å². The van der Waals surface area contributed by atoms with Crippen LogP contribution in [-0.4, -0.2) is 37.0 Å². The van der Waals surface area contributed by atoms with Gasteiger partial charge in [0.2, 0.25) is 0 Å². The summed E-state index contributed by atoms with van der Waals surface area (Å²) < 4.78 is 5.17. The fraction of sp³-hybridized carbons (Fsp3) is 0.636. The molecule has 1 aliphatic rings. The number of hydrogen-bond donors (Lipinski definition) is 0. The van der Waals surface area contributed by atoms with Crippen LogP contribution in [0.4, 0.5) is 5.82 Å². The van der Waals surface area contributed by atoms with E-state index in [1.807, 2.05) is 12.1 Å². The van der Waals surface area contributed by atoms with Crippen LogP contribution in [0.3, 0.4) is 0 Å². The quantitative estimate of drug-likeness (QED) is 0.752. The van der Waals surface area contributed by atoms with E-state index in [4.69, 9.17) is 16.3 Å². The predicted octanol–water partition coefficient (Wildman–Crippen LogP) is 1.69. The average molecular weight is 242 g/mol. The number of aromatic nitrogens is 2.